The van der Waals surface area contributed by atoms with Gasteiger partial charge in [-0.15, -0.1) is 11.3 Å². The molecule has 1 amide bonds. The number of rotatable bonds is 2. The molecule has 0 saturated carbocycles. The number of thiophene rings is 1. The molecule has 1 atom stereocenters. The summed E-state index contributed by atoms with van der Waals surface area (Å²) in [5.41, 5.74) is 1.86. The lowest BCUT2D eigenvalue weighted by Crippen LogP contribution is -2.52. The van der Waals surface area contributed by atoms with Crippen molar-refractivity contribution in [3.8, 4) is 10.4 Å². The Hall–Kier alpha value is -1.85. The molecule has 1 aromatic carbocycles. The van der Waals surface area contributed by atoms with Gasteiger partial charge >= 0.3 is 0 Å². The molecule has 0 saturated heterocycles. The van der Waals surface area contributed by atoms with Crippen molar-refractivity contribution in [2.24, 2.45) is 0 Å². The predicted octanol–water partition coefficient (Wildman–Crippen LogP) is 2.42. The molecule has 5 heteroatoms. The van der Waals surface area contributed by atoms with Gasteiger partial charge in [0.05, 0.1) is 5.56 Å². The molecule has 1 aromatic heterocycles. The third-order valence-electron chi connectivity index (χ3n) is 3.09. The van der Waals surface area contributed by atoms with Crippen molar-refractivity contribution in [2.45, 2.75) is 6.29 Å². The average molecular weight is 273 g/mol. The van der Waals surface area contributed by atoms with Crippen LogP contribution in [0.2, 0.25) is 0 Å². The summed E-state index contributed by atoms with van der Waals surface area (Å²) < 4.78 is 0. The van der Waals surface area contributed by atoms with E-state index in [1.54, 1.807) is 11.3 Å². The molecular weight excluding hydrogens is 258 g/mol. The van der Waals surface area contributed by atoms with Crippen LogP contribution >= 0.6 is 11.3 Å². The third kappa shape index (κ3) is 2.22. The van der Waals surface area contributed by atoms with Crippen LogP contribution < -0.4 is 10.6 Å². The molecule has 4 nitrogen and oxygen atoms in total. The van der Waals surface area contributed by atoms with Crippen LogP contribution in [-0.2, 0) is 0 Å². The van der Waals surface area contributed by atoms with Gasteiger partial charge in [0.15, 0.2) is 6.29 Å². The standard InChI is InChI=1S/C14H15N3OS/c1-17(2)14-15-12(18)10-8-11(19-13(10)16-14)9-6-4-3-5-7-9/h3-8,14,16H,1-2H3,(H,15,18)/t14-/m1/s1. The van der Waals surface area contributed by atoms with Crippen molar-refractivity contribution >= 4 is 22.2 Å². The highest BCUT2D eigenvalue weighted by atomic mass is 32.1. The highest BCUT2D eigenvalue weighted by Gasteiger charge is 2.27. The minimum Gasteiger partial charge on any atom is -0.344 e. The third-order valence-corrected chi connectivity index (χ3v) is 4.20. The summed E-state index contributed by atoms with van der Waals surface area (Å²) in [4.78, 5) is 15.1. The lowest BCUT2D eigenvalue weighted by atomic mass is 10.1. The molecule has 19 heavy (non-hydrogen) atoms. The van der Waals surface area contributed by atoms with E-state index < -0.39 is 0 Å². The Morgan fingerprint density at radius 2 is 1.89 bits per heavy atom. The SMILES string of the molecule is CN(C)[C@@H]1NC(=O)c2cc(-c3ccccc3)sc2N1. The first kappa shape index (κ1) is 12.2. The molecule has 2 heterocycles. The number of hydrogen-bond acceptors (Lipinski definition) is 4. The fourth-order valence-electron chi connectivity index (χ4n) is 2.03. The zero-order chi connectivity index (χ0) is 13.4. The monoisotopic (exact) mass is 273 g/mol. The highest BCUT2D eigenvalue weighted by Crippen LogP contribution is 2.37. The maximum absolute atomic E-state index is 12.1. The number of amides is 1. The topological polar surface area (TPSA) is 44.4 Å². The summed E-state index contributed by atoms with van der Waals surface area (Å²) in [6.07, 6.45) is -0.151. The molecule has 1 aliphatic heterocycles. The minimum absolute atomic E-state index is 0.0223. The van der Waals surface area contributed by atoms with Crippen molar-refractivity contribution in [3.05, 3.63) is 42.0 Å². The minimum atomic E-state index is -0.151. The summed E-state index contributed by atoms with van der Waals surface area (Å²) in [5.74, 6) is -0.0223. The fourth-order valence-corrected chi connectivity index (χ4v) is 3.11. The molecule has 0 bridgehead atoms. The molecule has 2 aromatic rings. The Balaban J connectivity index is 1.98. The van der Waals surface area contributed by atoms with Crippen molar-refractivity contribution in [2.75, 3.05) is 19.4 Å². The summed E-state index contributed by atoms with van der Waals surface area (Å²) in [6.45, 7) is 0. The van der Waals surface area contributed by atoms with Crippen LogP contribution in [0.3, 0.4) is 0 Å². The fraction of sp³-hybridized carbons (Fsp3) is 0.214. The quantitative estimate of drug-likeness (QED) is 0.883. The zero-order valence-electron chi connectivity index (χ0n) is 10.8. The number of carbonyl (C=O) groups excluding carboxylic acids is 1. The number of hydrogen-bond donors (Lipinski definition) is 2. The Morgan fingerprint density at radius 1 is 1.16 bits per heavy atom. The van der Waals surface area contributed by atoms with Crippen LogP contribution in [0, 0.1) is 0 Å². The molecule has 0 unspecified atom stereocenters. The summed E-state index contributed by atoms with van der Waals surface area (Å²) in [7, 11) is 3.85. The van der Waals surface area contributed by atoms with Crippen LogP contribution in [0.5, 0.6) is 0 Å². The lowest BCUT2D eigenvalue weighted by molar-refractivity contribution is 0.0895. The van der Waals surface area contributed by atoms with Crippen LogP contribution in [0.25, 0.3) is 10.4 Å². The predicted molar refractivity (Wildman–Crippen MR) is 78.3 cm³/mol. The molecule has 2 N–H and O–H groups in total. The first-order chi connectivity index (χ1) is 9.15. The van der Waals surface area contributed by atoms with Gasteiger partial charge in [-0.3, -0.25) is 9.69 Å². The van der Waals surface area contributed by atoms with E-state index in [9.17, 15) is 4.79 Å². The Bertz CT molecular complexity index is 606. The van der Waals surface area contributed by atoms with Gasteiger partial charge in [-0.25, -0.2) is 0 Å². The van der Waals surface area contributed by atoms with E-state index in [4.69, 9.17) is 0 Å². The first-order valence-corrected chi connectivity index (χ1v) is 6.90. The van der Waals surface area contributed by atoms with Crippen LogP contribution in [0.15, 0.2) is 36.4 Å². The Labute approximate surface area is 116 Å². The number of anilines is 1. The van der Waals surface area contributed by atoms with Crippen molar-refractivity contribution in [3.63, 3.8) is 0 Å². The van der Waals surface area contributed by atoms with Gasteiger partial charge in [-0.1, -0.05) is 30.3 Å². The van der Waals surface area contributed by atoms with Gasteiger partial charge in [0, 0.05) is 4.88 Å². The lowest BCUT2D eigenvalue weighted by Gasteiger charge is -2.30. The molecule has 1 aliphatic rings. The van der Waals surface area contributed by atoms with E-state index in [0.29, 0.717) is 0 Å². The Morgan fingerprint density at radius 3 is 2.58 bits per heavy atom. The van der Waals surface area contributed by atoms with Gasteiger partial charge in [0.25, 0.3) is 5.91 Å². The second-order valence-electron chi connectivity index (χ2n) is 4.70. The molecule has 98 valence electrons. The van der Waals surface area contributed by atoms with Crippen molar-refractivity contribution in [1.29, 1.82) is 0 Å². The smallest absolute Gasteiger partial charge is 0.256 e. The van der Waals surface area contributed by atoms with Crippen LogP contribution in [0.1, 0.15) is 10.4 Å². The number of fused-ring (bicyclic) bond motifs is 1. The molecule has 0 aliphatic carbocycles. The largest absolute Gasteiger partial charge is 0.344 e. The van der Waals surface area contributed by atoms with Gasteiger partial charge in [0.2, 0.25) is 0 Å². The summed E-state index contributed by atoms with van der Waals surface area (Å²) in [5, 5.41) is 7.18. The second-order valence-corrected chi connectivity index (χ2v) is 5.76. The zero-order valence-corrected chi connectivity index (χ0v) is 11.6. The maximum atomic E-state index is 12.1. The normalized spacial score (nSPS) is 17.8. The van der Waals surface area contributed by atoms with E-state index in [1.807, 2.05) is 43.3 Å². The average Bonchev–Trinajstić information content (AvgIpc) is 2.84. The van der Waals surface area contributed by atoms with Crippen LogP contribution in [-0.4, -0.2) is 31.2 Å². The van der Waals surface area contributed by atoms with Gasteiger partial charge < -0.3 is 10.6 Å². The van der Waals surface area contributed by atoms with Gasteiger partial charge in [-0.2, -0.15) is 0 Å². The summed E-state index contributed by atoms with van der Waals surface area (Å²) >= 11 is 1.61. The Kier molecular flexibility index (Phi) is 3.00. The number of carbonyl (C=O) groups is 1. The second kappa shape index (κ2) is 4.68. The maximum Gasteiger partial charge on any atom is 0.256 e. The summed E-state index contributed by atoms with van der Waals surface area (Å²) in [6, 6.07) is 12.1. The molecular formula is C14H15N3OS. The van der Waals surface area contributed by atoms with Crippen molar-refractivity contribution < 1.29 is 4.79 Å². The highest BCUT2D eigenvalue weighted by molar-refractivity contribution is 7.19. The van der Waals surface area contributed by atoms with Crippen molar-refractivity contribution in [1.82, 2.24) is 10.2 Å². The van der Waals surface area contributed by atoms with Gasteiger partial charge in [0.1, 0.15) is 5.00 Å². The number of benzene rings is 1. The first-order valence-electron chi connectivity index (χ1n) is 6.08. The van der Waals surface area contributed by atoms with E-state index in [0.717, 1.165) is 21.0 Å². The molecule has 0 fully saturated rings. The number of nitrogens with zero attached hydrogens (tertiary/aromatic N) is 1. The van der Waals surface area contributed by atoms with E-state index in [1.165, 1.54) is 0 Å². The van der Waals surface area contributed by atoms with E-state index in [-0.39, 0.29) is 12.2 Å². The molecule has 0 spiro atoms. The molecule has 3 rings (SSSR count). The van der Waals surface area contributed by atoms with Gasteiger partial charge in [-0.05, 0) is 25.7 Å². The number of nitrogens with one attached hydrogen (secondary N) is 2. The van der Waals surface area contributed by atoms with E-state index in [2.05, 4.69) is 22.8 Å². The van der Waals surface area contributed by atoms with E-state index >= 15 is 0 Å². The molecule has 0 radical (unpaired) electrons. The van der Waals surface area contributed by atoms with Crippen LogP contribution in [0.4, 0.5) is 5.00 Å².